The van der Waals surface area contributed by atoms with E-state index in [1.54, 1.807) is 12.3 Å². The van der Waals surface area contributed by atoms with Gasteiger partial charge in [-0.1, -0.05) is 6.07 Å². The van der Waals surface area contributed by atoms with Crippen LogP contribution in [0.15, 0.2) is 42.6 Å². The van der Waals surface area contributed by atoms with Crippen molar-refractivity contribution in [3.8, 4) is 11.5 Å². The fourth-order valence-corrected chi connectivity index (χ4v) is 3.42. The molecule has 2 heterocycles. The maximum absolute atomic E-state index is 13.2. The molecule has 2 aromatic rings. The quantitative estimate of drug-likeness (QED) is 0.801. The zero-order valence-corrected chi connectivity index (χ0v) is 14.8. The number of hydrogen-bond donors (Lipinski definition) is 1. The average Bonchev–Trinajstić information content (AvgIpc) is 3.37. The van der Waals surface area contributed by atoms with Crippen molar-refractivity contribution in [3.05, 3.63) is 48.3 Å². The van der Waals surface area contributed by atoms with E-state index in [4.69, 9.17) is 12.2 Å². The number of aromatic nitrogens is 1. The van der Waals surface area contributed by atoms with Gasteiger partial charge < -0.3 is 19.7 Å². The zero-order valence-electron chi connectivity index (χ0n) is 14.0. The van der Waals surface area contributed by atoms with Crippen LogP contribution >= 0.6 is 12.2 Å². The third-order valence-electron chi connectivity index (χ3n) is 4.36. The second-order valence-corrected chi connectivity index (χ2v) is 6.71. The number of rotatable bonds is 4. The fraction of sp³-hybridized carbons (Fsp3) is 0.333. The topological polar surface area (TPSA) is 46.6 Å². The Kier molecular flexibility index (Phi) is 4.14. The number of pyridine rings is 1. The summed E-state index contributed by atoms with van der Waals surface area (Å²) in [5, 5.41) is 3.64. The lowest BCUT2D eigenvalue weighted by Gasteiger charge is -2.31. The Morgan fingerprint density at radius 1 is 1.27 bits per heavy atom. The van der Waals surface area contributed by atoms with Gasteiger partial charge >= 0.3 is 6.29 Å². The monoisotopic (exact) mass is 377 g/mol. The Labute approximate surface area is 154 Å². The smallest absolute Gasteiger partial charge is 0.395 e. The molecule has 0 radical (unpaired) electrons. The molecule has 5 nitrogen and oxygen atoms in total. The van der Waals surface area contributed by atoms with Gasteiger partial charge in [-0.25, -0.2) is 0 Å². The van der Waals surface area contributed by atoms with E-state index in [2.05, 4.69) is 31.6 Å². The molecule has 1 aliphatic carbocycles. The third kappa shape index (κ3) is 3.41. The molecule has 1 unspecified atom stereocenters. The molecule has 2 aliphatic rings. The second-order valence-electron chi connectivity index (χ2n) is 6.33. The molecule has 0 amide bonds. The predicted octanol–water partition coefficient (Wildman–Crippen LogP) is 4.33. The number of halogens is 2. The Hall–Kier alpha value is -2.48. The first-order valence-electron chi connectivity index (χ1n) is 8.33. The lowest BCUT2D eigenvalue weighted by Crippen LogP contribution is -2.38. The highest BCUT2D eigenvalue weighted by Gasteiger charge is 2.43. The molecule has 26 heavy (non-hydrogen) atoms. The summed E-state index contributed by atoms with van der Waals surface area (Å²) >= 11 is 5.59. The van der Waals surface area contributed by atoms with Crippen molar-refractivity contribution in [2.75, 3.05) is 5.32 Å². The number of thiocarbonyl (C=S) groups is 1. The maximum atomic E-state index is 13.2. The first kappa shape index (κ1) is 17.0. The van der Waals surface area contributed by atoms with Crippen LogP contribution in [0.4, 0.5) is 14.5 Å². The minimum Gasteiger partial charge on any atom is -0.395 e. The maximum Gasteiger partial charge on any atom is 0.586 e. The van der Waals surface area contributed by atoms with Gasteiger partial charge in [-0.2, -0.15) is 0 Å². The number of nitrogens with zero attached hydrogens (tertiary/aromatic N) is 2. The zero-order chi connectivity index (χ0) is 18.3. The molecule has 1 aliphatic heterocycles. The van der Waals surface area contributed by atoms with E-state index in [9.17, 15) is 8.78 Å². The van der Waals surface area contributed by atoms with E-state index in [-0.39, 0.29) is 17.5 Å². The third-order valence-corrected chi connectivity index (χ3v) is 4.67. The molecule has 1 fully saturated rings. The number of benzene rings is 1. The standard InChI is InChI=1S/C18H17F2N3O2S/c1-11(14-4-2-3-9-21-14)23(13-6-7-13)17(26)22-12-5-8-15-16(10-12)25-18(19,20)24-15/h2-5,8-11,13H,6-7H2,1H3,(H,22,26). The van der Waals surface area contributed by atoms with Gasteiger partial charge in [0, 0.05) is 24.0 Å². The van der Waals surface area contributed by atoms with Crippen molar-refractivity contribution in [3.63, 3.8) is 0 Å². The van der Waals surface area contributed by atoms with Crippen molar-refractivity contribution < 1.29 is 18.3 Å². The van der Waals surface area contributed by atoms with E-state index < -0.39 is 6.29 Å². The minimum atomic E-state index is -3.63. The average molecular weight is 377 g/mol. The van der Waals surface area contributed by atoms with Gasteiger partial charge in [-0.3, -0.25) is 4.98 Å². The van der Waals surface area contributed by atoms with Gasteiger partial charge in [0.05, 0.1) is 11.7 Å². The van der Waals surface area contributed by atoms with Crippen molar-refractivity contribution in [1.82, 2.24) is 9.88 Å². The number of anilines is 1. The highest BCUT2D eigenvalue weighted by atomic mass is 32.1. The van der Waals surface area contributed by atoms with Crippen LogP contribution in [0.5, 0.6) is 11.5 Å². The molecule has 0 spiro atoms. The number of hydrogen-bond acceptors (Lipinski definition) is 4. The highest BCUT2D eigenvalue weighted by molar-refractivity contribution is 7.80. The largest absolute Gasteiger partial charge is 0.586 e. The van der Waals surface area contributed by atoms with E-state index in [0.717, 1.165) is 18.5 Å². The summed E-state index contributed by atoms with van der Waals surface area (Å²) in [5.41, 5.74) is 1.49. The van der Waals surface area contributed by atoms with E-state index in [0.29, 0.717) is 16.8 Å². The van der Waals surface area contributed by atoms with E-state index in [1.807, 2.05) is 18.2 Å². The molecule has 1 atom stereocenters. The minimum absolute atomic E-state index is 0.00189. The molecule has 1 aromatic heterocycles. The summed E-state index contributed by atoms with van der Waals surface area (Å²) in [6.07, 6.45) is 0.249. The van der Waals surface area contributed by atoms with Crippen LogP contribution in [-0.4, -0.2) is 27.3 Å². The molecule has 0 bridgehead atoms. The van der Waals surface area contributed by atoms with Crippen LogP contribution in [0.1, 0.15) is 31.5 Å². The molecule has 136 valence electrons. The second kappa shape index (κ2) is 6.35. The first-order valence-corrected chi connectivity index (χ1v) is 8.74. The van der Waals surface area contributed by atoms with Gasteiger partial charge in [0.2, 0.25) is 0 Å². The Morgan fingerprint density at radius 2 is 2.04 bits per heavy atom. The van der Waals surface area contributed by atoms with Crippen LogP contribution < -0.4 is 14.8 Å². The van der Waals surface area contributed by atoms with Gasteiger partial charge in [-0.05, 0) is 56.2 Å². The number of nitrogens with one attached hydrogen (secondary N) is 1. The van der Waals surface area contributed by atoms with E-state index >= 15 is 0 Å². The summed E-state index contributed by atoms with van der Waals surface area (Å²) in [4.78, 5) is 6.52. The summed E-state index contributed by atoms with van der Waals surface area (Å²) in [7, 11) is 0. The number of ether oxygens (including phenoxy) is 2. The van der Waals surface area contributed by atoms with E-state index in [1.165, 1.54) is 12.1 Å². The number of fused-ring (bicyclic) bond motifs is 1. The fourth-order valence-electron chi connectivity index (χ4n) is 2.99. The normalized spacial score (nSPS) is 18.3. The summed E-state index contributed by atoms with van der Waals surface area (Å²) < 4.78 is 35.2. The predicted molar refractivity (Wildman–Crippen MR) is 96.4 cm³/mol. The van der Waals surface area contributed by atoms with Gasteiger partial charge in [0.1, 0.15) is 0 Å². The Bertz CT molecular complexity index is 830. The van der Waals surface area contributed by atoms with Crippen molar-refractivity contribution in [2.24, 2.45) is 0 Å². The van der Waals surface area contributed by atoms with Crippen LogP contribution in [0.3, 0.4) is 0 Å². The Morgan fingerprint density at radius 3 is 2.73 bits per heavy atom. The molecule has 1 aromatic carbocycles. The molecule has 8 heteroatoms. The van der Waals surface area contributed by atoms with Gasteiger partial charge in [-0.15, -0.1) is 8.78 Å². The summed E-state index contributed by atoms with van der Waals surface area (Å²) in [5.74, 6) is -0.00841. The molecular formula is C18H17F2N3O2S. The molecule has 0 saturated heterocycles. The Balaban J connectivity index is 1.51. The van der Waals surface area contributed by atoms with Crippen molar-refractivity contribution in [2.45, 2.75) is 38.1 Å². The molecule has 1 saturated carbocycles. The number of alkyl halides is 2. The van der Waals surface area contributed by atoms with Crippen LogP contribution in [0.2, 0.25) is 0 Å². The highest BCUT2D eigenvalue weighted by Crippen LogP contribution is 2.42. The van der Waals surface area contributed by atoms with Gasteiger partial charge in [0.25, 0.3) is 0 Å². The van der Waals surface area contributed by atoms with Crippen LogP contribution in [0.25, 0.3) is 0 Å². The lowest BCUT2D eigenvalue weighted by atomic mass is 10.2. The van der Waals surface area contributed by atoms with Crippen LogP contribution in [-0.2, 0) is 0 Å². The van der Waals surface area contributed by atoms with Crippen molar-refractivity contribution in [1.29, 1.82) is 0 Å². The molecule has 4 rings (SSSR count). The molecule has 1 N–H and O–H groups in total. The molecular weight excluding hydrogens is 360 g/mol. The first-order chi connectivity index (χ1) is 12.4. The van der Waals surface area contributed by atoms with Gasteiger partial charge in [0.15, 0.2) is 16.6 Å². The summed E-state index contributed by atoms with van der Waals surface area (Å²) in [6.45, 7) is 2.05. The van der Waals surface area contributed by atoms with Crippen molar-refractivity contribution >= 4 is 23.0 Å². The SMILES string of the molecule is CC(c1ccccn1)N(C(=S)Nc1ccc2c(c1)OC(F)(F)O2)C1CC1. The lowest BCUT2D eigenvalue weighted by molar-refractivity contribution is -0.286. The summed E-state index contributed by atoms with van der Waals surface area (Å²) in [6, 6.07) is 10.7. The van der Waals surface area contributed by atoms with Crippen LogP contribution in [0, 0.1) is 0 Å².